The molecule has 0 aliphatic heterocycles. The van der Waals surface area contributed by atoms with Gasteiger partial charge in [0.15, 0.2) is 0 Å². The van der Waals surface area contributed by atoms with Gasteiger partial charge in [-0.25, -0.2) is 0 Å². The van der Waals surface area contributed by atoms with E-state index in [-0.39, 0.29) is 0 Å². The highest BCUT2D eigenvalue weighted by Crippen LogP contribution is 2.14. The van der Waals surface area contributed by atoms with Crippen molar-refractivity contribution in [3.8, 4) is 0 Å². The Kier molecular flexibility index (Phi) is 2.08. The molecule has 0 saturated heterocycles. The molecule has 0 heterocycles. The largest absolute Gasteiger partial charge is 0.0844 e. The minimum absolute atomic E-state index is 1.06. The summed E-state index contributed by atoms with van der Waals surface area (Å²) < 4.78 is 0. The maximum Gasteiger partial charge on any atom is -0.00914 e. The first-order chi connectivity index (χ1) is 5.97. The van der Waals surface area contributed by atoms with Crippen molar-refractivity contribution < 1.29 is 0 Å². The average Bonchev–Trinajstić information content (AvgIpc) is 2.06. The van der Waals surface area contributed by atoms with Gasteiger partial charge in [-0.15, -0.1) is 0 Å². The molecule has 12 heavy (non-hydrogen) atoms. The number of benzene rings is 1. The molecule has 0 fully saturated rings. The lowest BCUT2D eigenvalue weighted by Gasteiger charge is -2.04. The fourth-order valence-electron chi connectivity index (χ4n) is 1.46. The minimum Gasteiger partial charge on any atom is -0.0844 e. The van der Waals surface area contributed by atoms with E-state index < -0.39 is 0 Å². The third-order valence-corrected chi connectivity index (χ3v) is 2.13. The molecule has 1 aromatic rings. The molecule has 1 aliphatic carbocycles. The van der Waals surface area contributed by atoms with E-state index in [1.807, 2.05) is 0 Å². The molecule has 1 aromatic carbocycles. The standard InChI is InChI=1S/C12H12/c1-2-4-8-12-10-6-5-9-11(12)7-3-1/h1,3-6,8-10H,2,7H2/b3-1-,8-4?. The molecule has 0 heteroatoms. The molecule has 0 nitrogen and oxygen atoms in total. The molecule has 0 saturated carbocycles. The van der Waals surface area contributed by atoms with Crippen LogP contribution in [0, 0.1) is 0 Å². The summed E-state index contributed by atoms with van der Waals surface area (Å²) in [5.41, 5.74) is 2.78. The van der Waals surface area contributed by atoms with Crippen molar-refractivity contribution in [1.29, 1.82) is 0 Å². The second kappa shape index (κ2) is 3.40. The fourth-order valence-corrected chi connectivity index (χ4v) is 1.46. The van der Waals surface area contributed by atoms with Crippen molar-refractivity contribution in [1.82, 2.24) is 0 Å². The van der Waals surface area contributed by atoms with Gasteiger partial charge in [-0.3, -0.25) is 0 Å². The Hall–Kier alpha value is -1.30. The van der Waals surface area contributed by atoms with Crippen LogP contribution in [0.1, 0.15) is 17.5 Å². The predicted octanol–water partition coefficient (Wildman–Crippen LogP) is 3.20. The maximum atomic E-state index is 2.24. The number of rotatable bonds is 0. The first kappa shape index (κ1) is 7.35. The second-order valence-corrected chi connectivity index (χ2v) is 3.01. The van der Waals surface area contributed by atoms with Crippen LogP contribution in [0.15, 0.2) is 42.5 Å². The van der Waals surface area contributed by atoms with Crippen LogP contribution >= 0.6 is 0 Å². The molecule has 0 unspecified atom stereocenters. The molecule has 0 atom stereocenters. The summed E-state index contributed by atoms with van der Waals surface area (Å²) in [4.78, 5) is 0. The summed E-state index contributed by atoms with van der Waals surface area (Å²) in [6.07, 6.45) is 11.0. The lowest BCUT2D eigenvalue weighted by atomic mass is 10.0. The smallest absolute Gasteiger partial charge is 0.00914 e. The Bertz CT molecular complexity index is 319. The van der Waals surface area contributed by atoms with Crippen molar-refractivity contribution in [2.75, 3.05) is 0 Å². The van der Waals surface area contributed by atoms with Crippen LogP contribution in [0.5, 0.6) is 0 Å². The van der Waals surface area contributed by atoms with Crippen molar-refractivity contribution in [2.45, 2.75) is 12.8 Å². The summed E-state index contributed by atoms with van der Waals surface area (Å²) in [6.45, 7) is 0. The van der Waals surface area contributed by atoms with Crippen molar-refractivity contribution in [3.63, 3.8) is 0 Å². The Morgan fingerprint density at radius 2 is 1.83 bits per heavy atom. The van der Waals surface area contributed by atoms with E-state index in [0.29, 0.717) is 0 Å². The monoisotopic (exact) mass is 156 g/mol. The molecule has 1 aliphatic rings. The molecule has 0 radical (unpaired) electrons. The average molecular weight is 156 g/mol. The van der Waals surface area contributed by atoms with E-state index in [0.717, 1.165) is 12.8 Å². The lowest BCUT2D eigenvalue weighted by molar-refractivity contribution is 1.22. The summed E-state index contributed by atoms with van der Waals surface area (Å²) in [6, 6.07) is 8.55. The molecular formula is C12H12. The van der Waals surface area contributed by atoms with Gasteiger partial charge in [0.25, 0.3) is 0 Å². The van der Waals surface area contributed by atoms with Gasteiger partial charge in [0.1, 0.15) is 0 Å². The van der Waals surface area contributed by atoms with Gasteiger partial charge in [-0.05, 0) is 24.0 Å². The second-order valence-electron chi connectivity index (χ2n) is 3.01. The number of fused-ring (bicyclic) bond motifs is 1. The molecule has 0 bridgehead atoms. The van der Waals surface area contributed by atoms with Crippen LogP contribution in [-0.4, -0.2) is 0 Å². The molecule has 0 N–H and O–H groups in total. The molecule has 2 rings (SSSR count). The summed E-state index contributed by atoms with van der Waals surface area (Å²) in [7, 11) is 0. The van der Waals surface area contributed by atoms with E-state index in [1.54, 1.807) is 0 Å². The quantitative estimate of drug-likeness (QED) is 0.506. The summed E-state index contributed by atoms with van der Waals surface area (Å²) in [5, 5.41) is 0. The van der Waals surface area contributed by atoms with Gasteiger partial charge in [-0.2, -0.15) is 0 Å². The van der Waals surface area contributed by atoms with Gasteiger partial charge >= 0.3 is 0 Å². The van der Waals surface area contributed by atoms with Crippen LogP contribution in [0.4, 0.5) is 0 Å². The normalized spacial score (nSPS) is 17.7. The Morgan fingerprint density at radius 3 is 2.83 bits per heavy atom. The van der Waals surface area contributed by atoms with E-state index in [9.17, 15) is 0 Å². The van der Waals surface area contributed by atoms with E-state index >= 15 is 0 Å². The number of hydrogen-bond acceptors (Lipinski definition) is 0. The van der Waals surface area contributed by atoms with Crippen LogP contribution in [0.3, 0.4) is 0 Å². The topological polar surface area (TPSA) is 0 Å². The summed E-state index contributed by atoms with van der Waals surface area (Å²) in [5.74, 6) is 0. The fraction of sp³-hybridized carbons (Fsp3) is 0.167. The minimum atomic E-state index is 1.06. The molecule has 0 amide bonds. The van der Waals surface area contributed by atoms with E-state index in [1.165, 1.54) is 11.1 Å². The first-order valence-electron chi connectivity index (χ1n) is 4.36. The van der Waals surface area contributed by atoms with Crippen LogP contribution in [0.25, 0.3) is 6.08 Å². The number of hydrogen-bond donors (Lipinski definition) is 0. The molecule has 0 spiro atoms. The third kappa shape index (κ3) is 1.48. The first-order valence-corrected chi connectivity index (χ1v) is 4.36. The number of allylic oxidation sites excluding steroid dienone is 3. The zero-order chi connectivity index (χ0) is 8.23. The van der Waals surface area contributed by atoms with Crippen LogP contribution in [0.2, 0.25) is 0 Å². The molecule has 60 valence electrons. The molecular weight excluding hydrogens is 144 g/mol. The predicted molar refractivity (Wildman–Crippen MR) is 52.9 cm³/mol. The Morgan fingerprint density at radius 1 is 0.917 bits per heavy atom. The summed E-state index contributed by atoms with van der Waals surface area (Å²) >= 11 is 0. The van der Waals surface area contributed by atoms with Gasteiger partial charge in [0, 0.05) is 0 Å². The van der Waals surface area contributed by atoms with Crippen molar-refractivity contribution >= 4 is 6.08 Å². The highest BCUT2D eigenvalue weighted by Gasteiger charge is 1.96. The third-order valence-electron chi connectivity index (χ3n) is 2.13. The van der Waals surface area contributed by atoms with Crippen LogP contribution < -0.4 is 0 Å². The highest BCUT2D eigenvalue weighted by atomic mass is 14.0. The maximum absolute atomic E-state index is 2.24. The van der Waals surface area contributed by atoms with E-state index in [2.05, 4.69) is 48.6 Å². The zero-order valence-electron chi connectivity index (χ0n) is 7.03. The zero-order valence-corrected chi connectivity index (χ0v) is 7.03. The van der Waals surface area contributed by atoms with Gasteiger partial charge in [-0.1, -0.05) is 48.6 Å². The highest BCUT2D eigenvalue weighted by molar-refractivity contribution is 5.54. The lowest BCUT2D eigenvalue weighted by Crippen LogP contribution is -1.87. The molecule has 0 aromatic heterocycles. The van der Waals surface area contributed by atoms with Crippen molar-refractivity contribution in [2.24, 2.45) is 0 Å². The Labute approximate surface area is 73.2 Å². The SMILES string of the molecule is C1=Cc2ccccc2C/C=C\C1. The van der Waals surface area contributed by atoms with E-state index in [4.69, 9.17) is 0 Å². The van der Waals surface area contributed by atoms with Crippen molar-refractivity contribution in [3.05, 3.63) is 53.6 Å². The van der Waals surface area contributed by atoms with Crippen LogP contribution in [-0.2, 0) is 6.42 Å². The van der Waals surface area contributed by atoms with Gasteiger partial charge in [0.05, 0.1) is 0 Å². The van der Waals surface area contributed by atoms with Gasteiger partial charge in [0.2, 0.25) is 0 Å². The van der Waals surface area contributed by atoms with Gasteiger partial charge < -0.3 is 0 Å². The Balaban J connectivity index is 2.44.